The molecule has 0 aliphatic carbocycles. The lowest BCUT2D eigenvalue weighted by Gasteiger charge is -2.01. The normalized spacial score (nSPS) is 9.86. The summed E-state index contributed by atoms with van der Waals surface area (Å²) in [5, 5.41) is 10.4. The molecule has 1 rings (SSSR count). The Morgan fingerprint density at radius 3 is 2.50 bits per heavy atom. The third-order valence-electron chi connectivity index (χ3n) is 1.72. The zero-order valence-corrected chi connectivity index (χ0v) is 8.04. The SMILES string of the molecule is Cc1cc(C(N)=O)cc(Cl)c1[N+](=O)[O-]. The van der Waals surface area contributed by atoms with Gasteiger partial charge in [0, 0.05) is 11.1 Å². The van der Waals surface area contributed by atoms with E-state index in [9.17, 15) is 14.9 Å². The molecule has 1 amide bonds. The standard InChI is InChI=1S/C8H7ClN2O3/c1-4-2-5(8(10)12)3-6(9)7(4)11(13)14/h2-3H,1H3,(H2,10,12). The number of nitro benzene ring substituents is 1. The smallest absolute Gasteiger partial charge is 0.290 e. The van der Waals surface area contributed by atoms with Crippen LogP contribution in [0.25, 0.3) is 0 Å². The molecule has 0 atom stereocenters. The van der Waals surface area contributed by atoms with Crippen LogP contribution in [0, 0.1) is 17.0 Å². The molecule has 0 unspecified atom stereocenters. The summed E-state index contributed by atoms with van der Waals surface area (Å²) in [4.78, 5) is 20.7. The molecule has 6 heteroatoms. The van der Waals surface area contributed by atoms with Crippen LogP contribution in [0.1, 0.15) is 15.9 Å². The Bertz CT molecular complexity index is 394. The number of amides is 1. The van der Waals surface area contributed by atoms with Gasteiger partial charge in [0.05, 0.1) is 4.92 Å². The van der Waals surface area contributed by atoms with Crippen molar-refractivity contribution in [3.05, 3.63) is 38.4 Å². The van der Waals surface area contributed by atoms with Crippen LogP contribution in [0.15, 0.2) is 12.1 Å². The van der Waals surface area contributed by atoms with Crippen LogP contribution in [0.3, 0.4) is 0 Å². The lowest BCUT2D eigenvalue weighted by molar-refractivity contribution is -0.385. The number of benzene rings is 1. The van der Waals surface area contributed by atoms with Gasteiger partial charge in [0.15, 0.2) is 0 Å². The molecule has 0 saturated heterocycles. The fraction of sp³-hybridized carbons (Fsp3) is 0.125. The minimum atomic E-state index is -0.662. The van der Waals surface area contributed by atoms with Crippen LogP contribution in [-0.2, 0) is 0 Å². The molecule has 0 saturated carbocycles. The second-order valence-corrected chi connectivity index (χ2v) is 3.15. The van der Waals surface area contributed by atoms with Crippen molar-refractivity contribution in [3.63, 3.8) is 0 Å². The van der Waals surface area contributed by atoms with Gasteiger partial charge >= 0.3 is 0 Å². The number of primary amides is 1. The van der Waals surface area contributed by atoms with Crippen LogP contribution < -0.4 is 5.73 Å². The minimum Gasteiger partial charge on any atom is -0.366 e. The van der Waals surface area contributed by atoms with E-state index in [4.69, 9.17) is 17.3 Å². The molecule has 0 spiro atoms. The average molecular weight is 215 g/mol. The van der Waals surface area contributed by atoms with E-state index in [2.05, 4.69) is 0 Å². The first-order valence-corrected chi connectivity index (χ1v) is 4.05. The number of nitrogens with zero attached hydrogens (tertiary/aromatic N) is 1. The maximum absolute atomic E-state index is 10.8. The Labute approximate surface area is 84.6 Å². The maximum atomic E-state index is 10.8. The van der Waals surface area contributed by atoms with E-state index in [1.165, 1.54) is 19.1 Å². The molecule has 0 aliphatic rings. The van der Waals surface area contributed by atoms with Crippen LogP contribution >= 0.6 is 11.6 Å². The number of hydrogen-bond acceptors (Lipinski definition) is 3. The summed E-state index contributed by atoms with van der Waals surface area (Å²) < 4.78 is 0. The Morgan fingerprint density at radius 2 is 2.14 bits per heavy atom. The molecule has 0 bridgehead atoms. The molecule has 0 heterocycles. The minimum absolute atomic E-state index is 0.0798. The molecule has 74 valence electrons. The first kappa shape index (κ1) is 10.5. The highest BCUT2D eigenvalue weighted by Crippen LogP contribution is 2.29. The van der Waals surface area contributed by atoms with Crippen molar-refractivity contribution in [1.29, 1.82) is 0 Å². The Balaban J connectivity index is 3.39. The van der Waals surface area contributed by atoms with Crippen molar-refractivity contribution in [2.75, 3.05) is 0 Å². The lowest BCUT2D eigenvalue weighted by Crippen LogP contribution is -2.11. The average Bonchev–Trinajstić information content (AvgIpc) is 2.01. The first-order valence-electron chi connectivity index (χ1n) is 3.68. The zero-order valence-electron chi connectivity index (χ0n) is 7.28. The summed E-state index contributed by atoms with van der Waals surface area (Å²) in [6.07, 6.45) is 0. The summed E-state index contributed by atoms with van der Waals surface area (Å²) in [6, 6.07) is 2.53. The quantitative estimate of drug-likeness (QED) is 0.600. The van der Waals surface area contributed by atoms with Gasteiger partial charge in [-0.25, -0.2) is 0 Å². The van der Waals surface area contributed by atoms with Crippen molar-refractivity contribution >= 4 is 23.2 Å². The van der Waals surface area contributed by atoms with Gasteiger partial charge < -0.3 is 5.73 Å². The number of rotatable bonds is 2. The summed E-state index contributed by atoms with van der Waals surface area (Å²) in [5.74, 6) is -0.662. The molecule has 0 aliphatic heterocycles. The molecule has 2 N–H and O–H groups in total. The Morgan fingerprint density at radius 1 is 1.57 bits per heavy atom. The first-order chi connectivity index (χ1) is 6.43. The van der Waals surface area contributed by atoms with Crippen molar-refractivity contribution < 1.29 is 9.72 Å². The summed E-state index contributed by atoms with van der Waals surface area (Å²) in [5.41, 5.74) is 5.29. The monoisotopic (exact) mass is 214 g/mol. The highest BCUT2D eigenvalue weighted by atomic mass is 35.5. The number of nitro groups is 1. The fourth-order valence-electron chi connectivity index (χ4n) is 1.11. The zero-order chi connectivity index (χ0) is 10.9. The number of nitrogens with two attached hydrogens (primary N) is 1. The Kier molecular flexibility index (Phi) is 2.71. The van der Waals surface area contributed by atoms with Crippen LogP contribution in [-0.4, -0.2) is 10.8 Å². The van der Waals surface area contributed by atoms with Crippen LogP contribution in [0.4, 0.5) is 5.69 Å². The predicted octanol–water partition coefficient (Wildman–Crippen LogP) is 1.66. The molecular weight excluding hydrogens is 208 g/mol. The number of aryl methyl sites for hydroxylation is 1. The van der Waals surface area contributed by atoms with Crippen molar-refractivity contribution in [3.8, 4) is 0 Å². The van der Waals surface area contributed by atoms with Gasteiger partial charge in [0.25, 0.3) is 5.69 Å². The van der Waals surface area contributed by atoms with Gasteiger partial charge in [-0.15, -0.1) is 0 Å². The fourth-order valence-corrected chi connectivity index (χ4v) is 1.45. The molecule has 5 nitrogen and oxygen atoms in total. The highest BCUT2D eigenvalue weighted by Gasteiger charge is 2.18. The number of carbonyl (C=O) groups is 1. The van der Waals surface area contributed by atoms with Gasteiger partial charge in [0.2, 0.25) is 5.91 Å². The molecule has 1 aromatic rings. The molecule has 0 aromatic heterocycles. The molecule has 0 fully saturated rings. The van der Waals surface area contributed by atoms with Gasteiger partial charge in [-0.2, -0.15) is 0 Å². The van der Waals surface area contributed by atoms with E-state index < -0.39 is 10.8 Å². The van der Waals surface area contributed by atoms with E-state index in [1.54, 1.807) is 0 Å². The molecule has 1 aromatic carbocycles. The maximum Gasteiger partial charge on any atom is 0.290 e. The molecule has 14 heavy (non-hydrogen) atoms. The second-order valence-electron chi connectivity index (χ2n) is 2.74. The third kappa shape index (κ3) is 1.82. The van der Waals surface area contributed by atoms with Crippen LogP contribution in [0.5, 0.6) is 0 Å². The van der Waals surface area contributed by atoms with Gasteiger partial charge in [0.1, 0.15) is 5.02 Å². The highest BCUT2D eigenvalue weighted by molar-refractivity contribution is 6.33. The van der Waals surface area contributed by atoms with Crippen molar-refractivity contribution in [2.45, 2.75) is 6.92 Å². The number of hydrogen-bond donors (Lipinski definition) is 1. The topological polar surface area (TPSA) is 86.2 Å². The van der Waals surface area contributed by atoms with E-state index in [-0.39, 0.29) is 16.3 Å². The second kappa shape index (κ2) is 3.63. The summed E-state index contributed by atoms with van der Waals surface area (Å²) in [6.45, 7) is 1.50. The van der Waals surface area contributed by atoms with Crippen molar-refractivity contribution in [2.24, 2.45) is 5.73 Å². The van der Waals surface area contributed by atoms with E-state index in [0.29, 0.717) is 5.56 Å². The number of halogens is 1. The van der Waals surface area contributed by atoms with Crippen LogP contribution in [0.2, 0.25) is 5.02 Å². The number of carbonyl (C=O) groups excluding carboxylic acids is 1. The molecular formula is C8H7ClN2O3. The third-order valence-corrected chi connectivity index (χ3v) is 2.01. The van der Waals surface area contributed by atoms with Gasteiger partial charge in [-0.1, -0.05) is 11.6 Å². The molecule has 0 radical (unpaired) electrons. The van der Waals surface area contributed by atoms with E-state index >= 15 is 0 Å². The predicted molar refractivity (Wildman–Crippen MR) is 51.4 cm³/mol. The Hall–Kier alpha value is -1.62. The lowest BCUT2D eigenvalue weighted by atomic mass is 10.1. The summed E-state index contributed by atoms with van der Waals surface area (Å²) in [7, 11) is 0. The van der Waals surface area contributed by atoms with Gasteiger partial charge in [-0.3, -0.25) is 14.9 Å². The largest absolute Gasteiger partial charge is 0.366 e. The van der Waals surface area contributed by atoms with Gasteiger partial charge in [-0.05, 0) is 19.1 Å². The van der Waals surface area contributed by atoms with E-state index in [1.807, 2.05) is 0 Å². The van der Waals surface area contributed by atoms with E-state index in [0.717, 1.165) is 0 Å². The van der Waals surface area contributed by atoms with Crippen molar-refractivity contribution in [1.82, 2.24) is 0 Å². The summed E-state index contributed by atoms with van der Waals surface area (Å²) >= 11 is 5.62.